The Balaban J connectivity index is 0.00000274. The fourth-order valence-electron chi connectivity index (χ4n) is 5.68. The molecular weight excluding hydrogens is 472 g/mol. The van der Waals surface area contributed by atoms with Crippen LogP contribution in [-0.4, -0.2) is 43.5 Å². The number of nitrogens with two attached hydrogens (primary N) is 1. The van der Waals surface area contributed by atoms with Crippen LogP contribution in [-0.2, 0) is 23.1 Å². The van der Waals surface area contributed by atoms with Gasteiger partial charge in [-0.15, -0.1) is 12.4 Å². The monoisotopic (exact) mass is 506 g/mol. The van der Waals surface area contributed by atoms with Crippen LogP contribution in [0.25, 0.3) is 0 Å². The van der Waals surface area contributed by atoms with Gasteiger partial charge in [-0.05, 0) is 68.2 Å². The number of hydrogen-bond acceptors (Lipinski definition) is 5. The molecule has 0 bridgehead atoms. The maximum atomic E-state index is 12.9. The molecule has 3 heterocycles. The summed E-state index contributed by atoms with van der Waals surface area (Å²) in [5.74, 6) is 7.72. The fourth-order valence-corrected chi connectivity index (χ4v) is 6.96. The van der Waals surface area contributed by atoms with E-state index in [9.17, 15) is 8.42 Å². The first-order chi connectivity index (χ1) is 15.9. The molecule has 0 saturated carbocycles. The van der Waals surface area contributed by atoms with Crippen molar-refractivity contribution in [1.82, 2.24) is 9.31 Å². The summed E-state index contributed by atoms with van der Waals surface area (Å²) >= 11 is 0. The Hall–Kier alpha value is -1.84. The zero-order chi connectivity index (χ0) is 23.0. The largest absolute Gasteiger partial charge is 0.490 e. The Labute approximate surface area is 209 Å². The van der Waals surface area contributed by atoms with Gasteiger partial charge < -0.3 is 4.74 Å². The Bertz CT molecular complexity index is 1090. The predicted molar refractivity (Wildman–Crippen MR) is 137 cm³/mol. The van der Waals surface area contributed by atoms with Gasteiger partial charge in [-0.3, -0.25) is 10.6 Å². The molecule has 0 aromatic heterocycles. The Kier molecular flexibility index (Phi) is 7.74. The minimum absolute atomic E-state index is 0. The summed E-state index contributed by atoms with van der Waals surface area (Å²) in [6, 6.07) is 14.5. The summed E-state index contributed by atoms with van der Waals surface area (Å²) in [6.45, 7) is 4.10. The highest BCUT2D eigenvalue weighted by molar-refractivity contribution is 7.90. The number of rotatable bonds is 6. The van der Waals surface area contributed by atoms with E-state index < -0.39 is 10.2 Å². The zero-order valence-corrected chi connectivity index (χ0v) is 21.3. The average Bonchev–Trinajstić information content (AvgIpc) is 3.44. The molecule has 2 aromatic carbocycles. The van der Waals surface area contributed by atoms with E-state index in [-0.39, 0.29) is 24.6 Å². The number of anilines is 1. The van der Waals surface area contributed by atoms with E-state index in [4.69, 9.17) is 10.6 Å². The Morgan fingerprint density at radius 3 is 2.56 bits per heavy atom. The molecule has 1 unspecified atom stereocenters. The lowest BCUT2D eigenvalue weighted by Crippen LogP contribution is -2.44. The van der Waals surface area contributed by atoms with Crippen molar-refractivity contribution in [2.24, 2.45) is 11.8 Å². The van der Waals surface area contributed by atoms with E-state index in [0.29, 0.717) is 24.7 Å². The SMILES string of the molecule is C[C@H]1Cc2cc(NS(=O)(=O)N3CCCC3)cc(C[C@@H]3CCCN(N)C3c3ccccc3)c2O1.Cl. The van der Waals surface area contributed by atoms with Gasteiger partial charge in [0.2, 0.25) is 0 Å². The van der Waals surface area contributed by atoms with Gasteiger partial charge in [-0.25, -0.2) is 5.01 Å². The lowest BCUT2D eigenvalue weighted by Gasteiger charge is -2.39. The van der Waals surface area contributed by atoms with Crippen LogP contribution in [0, 0.1) is 5.92 Å². The van der Waals surface area contributed by atoms with Crippen molar-refractivity contribution in [2.45, 2.75) is 57.6 Å². The van der Waals surface area contributed by atoms with E-state index in [2.05, 4.69) is 35.9 Å². The number of hydrogen-bond donors (Lipinski definition) is 2. The molecular formula is C25H35ClN4O3S. The lowest BCUT2D eigenvalue weighted by atomic mass is 9.81. The number of halogens is 1. The molecule has 2 saturated heterocycles. The first kappa shape index (κ1) is 25.3. The minimum atomic E-state index is -3.54. The summed E-state index contributed by atoms with van der Waals surface area (Å²) in [5, 5.41) is 1.97. The third-order valence-electron chi connectivity index (χ3n) is 7.14. The summed E-state index contributed by atoms with van der Waals surface area (Å²) in [5.41, 5.74) is 4.00. The molecule has 3 aliphatic rings. The van der Waals surface area contributed by atoms with Crippen LogP contribution in [0.2, 0.25) is 0 Å². The Morgan fingerprint density at radius 2 is 1.82 bits per heavy atom. The average molecular weight is 507 g/mol. The molecule has 3 N–H and O–H groups in total. The molecule has 0 amide bonds. The number of fused-ring (bicyclic) bond motifs is 1. The van der Waals surface area contributed by atoms with E-state index >= 15 is 0 Å². The third-order valence-corrected chi connectivity index (χ3v) is 8.68. The van der Waals surface area contributed by atoms with E-state index in [1.165, 1.54) is 9.87 Å². The first-order valence-corrected chi connectivity index (χ1v) is 13.5. The number of hydrazine groups is 1. The second-order valence-corrected chi connectivity index (χ2v) is 11.3. The maximum absolute atomic E-state index is 12.9. The molecule has 34 heavy (non-hydrogen) atoms. The number of piperidine rings is 1. The van der Waals surface area contributed by atoms with Crippen LogP contribution in [0.3, 0.4) is 0 Å². The smallest absolute Gasteiger partial charge is 0.301 e. The van der Waals surface area contributed by atoms with Crippen molar-refractivity contribution in [3.63, 3.8) is 0 Å². The summed E-state index contributed by atoms with van der Waals surface area (Å²) in [7, 11) is -3.54. The van der Waals surface area contributed by atoms with Gasteiger partial charge >= 0.3 is 10.2 Å². The van der Waals surface area contributed by atoms with Gasteiger partial charge in [-0.1, -0.05) is 30.3 Å². The quantitative estimate of drug-likeness (QED) is 0.577. The molecule has 0 spiro atoms. The normalized spacial score (nSPS) is 25.4. The van der Waals surface area contributed by atoms with Gasteiger partial charge in [-0.2, -0.15) is 12.7 Å². The highest BCUT2D eigenvalue weighted by Gasteiger charge is 2.34. The number of benzene rings is 2. The van der Waals surface area contributed by atoms with Crippen LogP contribution in [0.5, 0.6) is 5.75 Å². The van der Waals surface area contributed by atoms with Crippen molar-refractivity contribution >= 4 is 28.3 Å². The van der Waals surface area contributed by atoms with Gasteiger partial charge in [0.15, 0.2) is 0 Å². The molecule has 0 aliphatic carbocycles. The van der Waals surface area contributed by atoms with Crippen LogP contribution in [0.4, 0.5) is 5.69 Å². The Morgan fingerprint density at radius 1 is 1.09 bits per heavy atom. The zero-order valence-electron chi connectivity index (χ0n) is 19.7. The minimum Gasteiger partial charge on any atom is -0.490 e. The van der Waals surface area contributed by atoms with Crippen LogP contribution in [0.1, 0.15) is 55.3 Å². The van der Waals surface area contributed by atoms with Crippen molar-refractivity contribution in [3.05, 3.63) is 59.2 Å². The molecule has 9 heteroatoms. The highest BCUT2D eigenvalue weighted by atomic mass is 35.5. The van der Waals surface area contributed by atoms with Crippen molar-refractivity contribution in [1.29, 1.82) is 0 Å². The van der Waals surface area contributed by atoms with Crippen molar-refractivity contribution in [2.75, 3.05) is 24.4 Å². The lowest BCUT2D eigenvalue weighted by molar-refractivity contribution is 0.0921. The first-order valence-electron chi connectivity index (χ1n) is 12.1. The van der Waals surface area contributed by atoms with Gasteiger partial charge in [0, 0.05) is 31.6 Å². The summed E-state index contributed by atoms with van der Waals surface area (Å²) in [4.78, 5) is 0. The number of ether oxygens (including phenoxy) is 1. The van der Waals surface area contributed by atoms with Gasteiger partial charge in [0.05, 0.1) is 11.7 Å². The fraction of sp³-hybridized carbons (Fsp3) is 0.520. The topological polar surface area (TPSA) is 87.9 Å². The maximum Gasteiger partial charge on any atom is 0.301 e. The van der Waals surface area contributed by atoms with E-state index in [0.717, 1.165) is 61.9 Å². The van der Waals surface area contributed by atoms with E-state index in [1.54, 1.807) is 0 Å². The molecule has 7 nitrogen and oxygen atoms in total. The third kappa shape index (κ3) is 5.21. The molecule has 186 valence electrons. The van der Waals surface area contributed by atoms with Gasteiger partial charge in [0.25, 0.3) is 0 Å². The predicted octanol–water partition coefficient (Wildman–Crippen LogP) is 4.05. The highest BCUT2D eigenvalue weighted by Crippen LogP contribution is 2.42. The molecule has 2 aromatic rings. The molecule has 0 radical (unpaired) electrons. The molecule has 3 aliphatic heterocycles. The number of nitrogens with zero attached hydrogens (tertiary/aromatic N) is 2. The molecule has 3 atom stereocenters. The number of nitrogens with one attached hydrogen (secondary N) is 1. The molecule has 5 rings (SSSR count). The second kappa shape index (κ2) is 10.4. The van der Waals surface area contributed by atoms with Crippen LogP contribution >= 0.6 is 12.4 Å². The van der Waals surface area contributed by atoms with Crippen molar-refractivity contribution < 1.29 is 13.2 Å². The summed E-state index contributed by atoms with van der Waals surface area (Å²) < 4.78 is 36.4. The van der Waals surface area contributed by atoms with Crippen LogP contribution in [0.15, 0.2) is 42.5 Å². The standard InChI is InChI=1S/C25H34N4O3S.ClH/c1-18-14-21-16-23(27-33(30,31)28-11-5-6-12-28)17-22(25(21)32-18)15-20-10-7-13-29(26)24(20)19-8-3-2-4-9-19;/h2-4,8-9,16-18,20,24,27H,5-7,10-15,26H2,1H3;1H/t18-,20-,24?;/m0./s1. The second-order valence-electron chi connectivity index (χ2n) is 9.67. The summed E-state index contributed by atoms with van der Waals surface area (Å²) in [6.07, 6.45) is 5.62. The van der Waals surface area contributed by atoms with Crippen LogP contribution < -0.4 is 15.3 Å². The van der Waals surface area contributed by atoms with E-state index in [1.807, 2.05) is 23.2 Å². The molecule has 2 fully saturated rings. The van der Waals surface area contributed by atoms with Gasteiger partial charge in [0.1, 0.15) is 11.9 Å². The van der Waals surface area contributed by atoms with Crippen molar-refractivity contribution in [3.8, 4) is 5.75 Å².